The predicted molar refractivity (Wildman–Crippen MR) is 88.2 cm³/mol. The Morgan fingerprint density at radius 2 is 1.62 bits per heavy atom. The van der Waals surface area contributed by atoms with Crippen LogP contribution in [-0.4, -0.2) is 23.9 Å². The van der Waals surface area contributed by atoms with Crippen molar-refractivity contribution in [2.75, 3.05) is 18.8 Å². The Bertz CT molecular complexity index is 455. The van der Waals surface area contributed by atoms with Gasteiger partial charge in [0, 0.05) is 18.8 Å². The second-order valence-corrected chi connectivity index (χ2v) is 6.20. The third-order valence-corrected chi connectivity index (χ3v) is 4.47. The lowest BCUT2D eigenvalue weighted by atomic mass is 9.93. The van der Waals surface area contributed by atoms with E-state index in [1.54, 1.807) is 0 Å². The summed E-state index contributed by atoms with van der Waals surface area (Å²) in [5.41, 5.74) is 7.41. The van der Waals surface area contributed by atoms with E-state index in [9.17, 15) is 4.79 Å². The topological polar surface area (TPSA) is 46.3 Å². The van der Waals surface area contributed by atoms with Crippen LogP contribution >= 0.6 is 0 Å². The third-order valence-electron chi connectivity index (χ3n) is 4.47. The molecule has 3 nitrogen and oxygen atoms in total. The summed E-state index contributed by atoms with van der Waals surface area (Å²) >= 11 is 0. The van der Waals surface area contributed by atoms with Gasteiger partial charge in [-0.05, 0) is 43.4 Å². The van der Waals surface area contributed by atoms with Crippen molar-refractivity contribution in [3.05, 3.63) is 29.8 Å². The summed E-state index contributed by atoms with van der Waals surface area (Å²) in [6.45, 7) is 6.14. The van der Waals surface area contributed by atoms with E-state index in [1.165, 1.54) is 0 Å². The molecular formula is C18H28N2O. The van der Waals surface area contributed by atoms with Crippen LogP contribution in [0.3, 0.4) is 0 Å². The van der Waals surface area contributed by atoms with E-state index in [-0.39, 0.29) is 5.41 Å². The molecule has 0 atom stereocenters. The van der Waals surface area contributed by atoms with Crippen molar-refractivity contribution in [2.24, 2.45) is 0 Å². The van der Waals surface area contributed by atoms with E-state index in [0.29, 0.717) is 5.91 Å². The number of nitrogen functional groups attached to an aromatic ring is 1. The van der Waals surface area contributed by atoms with Gasteiger partial charge < -0.3 is 10.6 Å². The first-order valence-electron chi connectivity index (χ1n) is 8.29. The summed E-state index contributed by atoms with van der Waals surface area (Å²) < 4.78 is 0. The fourth-order valence-corrected chi connectivity index (χ4v) is 2.87. The maximum absolute atomic E-state index is 13.0. The quantitative estimate of drug-likeness (QED) is 0.741. The van der Waals surface area contributed by atoms with Crippen molar-refractivity contribution in [3.63, 3.8) is 0 Å². The average molecular weight is 288 g/mol. The Morgan fingerprint density at radius 1 is 1.10 bits per heavy atom. The Morgan fingerprint density at radius 3 is 2.05 bits per heavy atom. The van der Waals surface area contributed by atoms with E-state index < -0.39 is 0 Å². The molecule has 0 aromatic heterocycles. The minimum absolute atomic E-state index is 0.255. The van der Waals surface area contributed by atoms with Crippen LogP contribution in [0.1, 0.15) is 57.9 Å². The van der Waals surface area contributed by atoms with E-state index in [1.807, 2.05) is 24.3 Å². The second kappa shape index (κ2) is 6.97. The highest BCUT2D eigenvalue weighted by Gasteiger charge is 2.52. The standard InChI is InChI=1S/C18H28N2O/c1-3-5-13-20(14-6-4-2)17(21)18(11-12-18)15-7-9-16(19)10-8-15/h7-10H,3-6,11-14,19H2,1-2H3. The molecule has 1 aromatic carbocycles. The second-order valence-electron chi connectivity index (χ2n) is 6.20. The molecule has 0 spiro atoms. The summed E-state index contributed by atoms with van der Waals surface area (Å²) in [6.07, 6.45) is 6.39. The van der Waals surface area contributed by atoms with Crippen molar-refractivity contribution in [1.29, 1.82) is 0 Å². The molecule has 1 aliphatic carbocycles. The van der Waals surface area contributed by atoms with Crippen LogP contribution in [0, 0.1) is 0 Å². The smallest absolute Gasteiger partial charge is 0.233 e. The molecule has 0 heterocycles. The fraction of sp³-hybridized carbons (Fsp3) is 0.611. The van der Waals surface area contributed by atoms with Crippen LogP contribution in [0.15, 0.2) is 24.3 Å². The average Bonchev–Trinajstić information content (AvgIpc) is 3.29. The van der Waals surface area contributed by atoms with Crippen LogP contribution in [0.4, 0.5) is 5.69 Å². The van der Waals surface area contributed by atoms with Gasteiger partial charge in [0.05, 0.1) is 5.41 Å². The maximum Gasteiger partial charge on any atom is 0.233 e. The van der Waals surface area contributed by atoms with Crippen molar-refractivity contribution in [2.45, 2.75) is 57.8 Å². The van der Waals surface area contributed by atoms with Crippen molar-refractivity contribution < 1.29 is 4.79 Å². The Labute approximate surface area is 128 Å². The largest absolute Gasteiger partial charge is 0.399 e. The number of unbranched alkanes of at least 4 members (excludes halogenated alkanes) is 2. The molecule has 1 aromatic rings. The number of anilines is 1. The molecule has 1 saturated carbocycles. The highest BCUT2D eigenvalue weighted by molar-refractivity contribution is 5.91. The first-order valence-corrected chi connectivity index (χ1v) is 8.29. The summed E-state index contributed by atoms with van der Waals surface area (Å²) in [6, 6.07) is 7.87. The van der Waals surface area contributed by atoms with E-state index >= 15 is 0 Å². The summed E-state index contributed by atoms with van der Waals surface area (Å²) in [4.78, 5) is 15.1. The van der Waals surface area contributed by atoms with Crippen LogP contribution in [0.25, 0.3) is 0 Å². The number of carbonyl (C=O) groups excluding carboxylic acids is 1. The van der Waals surface area contributed by atoms with Gasteiger partial charge in [0.2, 0.25) is 5.91 Å². The number of nitrogens with two attached hydrogens (primary N) is 1. The number of carbonyl (C=O) groups is 1. The first kappa shape index (κ1) is 15.9. The fourth-order valence-electron chi connectivity index (χ4n) is 2.87. The van der Waals surface area contributed by atoms with Crippen LogP contribution in [-0.2, 0) is 10.2 Å². The third kappa shape index (κ3) is 3.58. The molecule has 1 amide bonds. The molecule has 0 unspecified atom stereocenters. The molecule has 21 heavy (non-hydrogen) atoms. The van der Waals surface area contributed by atoms with Crippen molar-refractivity contribution in [3.8, 4) is 0 Å². The van der Waals surface area contributed by atoms with Gasteiger partial charge in [0.1, 0.15) is 0 Å². The zero-order valence-electron chi connectivity index (χ0n) is 13.4. The van der Waals surface area contributed by atoms with E-state index in [4.69, 9.17) is 5.73 Å². The van der Waals surface area contributed by atoms with Crippen molar-refractivity contribution >= 4 is 11.6 Å². The van der Waals surface area contributed by atoms with Gasteiger partial charge in [0.25, 0.3) is 0 Å². The van der Waals surface area contributed by atoms with Crippen molar-refractivity contribution in [1.82, 2.24) is 4.90 Å². The first-order chi connectivity index (χ1) is 10.1. The predicted octanol–water partition coefficient (Wildman–Crippen LogP) is 3.73. The number of hydrogen-bond donors (Lipinski definition) is 1. The monoisotopic (exact) mass is 288 g/mol. The minimum atomic E-state index is -0.255. The molecule has 1 aliphatic rings. The molecule has 1 fully saturated rings. The molecule has 3 heteroatoms. The van der Waals surface area contributed by atoms with Gasteiger partial charge in [-0.3, -0.25) is 4.79 Å². The van der Waals surface area contributed by atoms with Gasteiger partial charge in [-0.15, -0.1) is 0 Å². The zero-order chi connectivity index (χ0) is 15.3. The number of hydrogen-bond acceptors (Lipinski definition) is 2. The van der Waals surface area contributed by atoms with Crippen LogP contribution in [0.5, 0.6) is 0 Å². The van der Waals surface area contributed by atoms with E-state index in [0.717, 1.165) is 62.9 Å². The number of nitrogens with zero attached hydrogens (tertiary/aromatic N) is 1. The Balaban J connectivity index is 2.12. The molecule has 2 rings (SSSR count). The molecule has 2 N–H and O–H groups in total. The number of rotatable bonds is 8. The molecule has 0 bridgehead atoms. The van der Waals surface area contributed by atoms with E-state index in [2.05, 4.69) is 18.7 Å². The SMILES string of the molecule is CCCCN(CCCC)C(=O)C1(c2ccc(N)cc2)CC1. The molecule has 0 radical (unpaired) electrons. The van der Waals surface area contributed by atoms with Gasteiger partial charge >= 0.3 is 0 Å². The van der Waals surface area contributed by atoms with Gasteiger partial charge in [-0.2, -0.15) is 0 Å². The lowest BCUT2D eigenvalue weighted by molar-refractivity contribution is -0.134. The molecule has 0 aliphatic heterocycles. The minimum Gasteiger partial charge on any atom is -0.399 e. The number of amides is 1. The van der Waals surface area contributed by atoms with Gasteiger partial charge in [-0.25, -0.2) is 0 Å². The summed E-state index contributed by atoms with van der Waals surface area (Å²) in [5, 5.41) is 0. The van der Waals surface area contributed by atoms with Gasteiger partial charge in [0.15, 0.2) is 0 Å². The van der Waals surface area contributed by atoms with Crippen LogP contribution < -0.4 is 5.73 Å². The highest BCUT2D eigenvalue weighted by atomic mass is 16.2. The molecular weight excluding hydrogens is 260 g/mol. The number of benzene rings is 1. The van der Waals surface area contributed by atoms with Gasteiger partial charge in [-0.1, -0.05) is 38.8 Å². The molecule has 116 valence electrons. The lowest BCUT2D eigenvalue weighted by Crippen LogP contribution is -2.40. The lowest BCUT2D eigenvalue weighted by Gasteiger charge is -2.28. The molecule has 0 saturated heterocycles. The normalized spacial score (nSPS) is 15.7. The highest BCUT2D eigenvalue weighted by Crippen LogP contribution is 2.49. The Hall–Kier alpha value is -1.51. The van der Waals surface area contributed by atoms with Crippen LogP contribution in [0.2, 0.25) is 0 Å². The Kier molecular flexibility index (Phi) is 5.27. The summed E-state index contributed by atoms with van der Waals surface area (Å²) in [5.74, 6) is 0.328. The summed E-state index contributed by atoms with van der Waals surface area (Å²) in [7, 11) is 0. The zero-order valence-corrected chi connectivity index (χ0v) is 13.4. The maximum atomic E-state index is 13.0.